The number of methoxy groups -OCH3 is 1. The molecule has 2 aromatic carbocycles. The molecule has 0 fully saturated rings. The lowest BCUT2D eigenvalue weighted by Crippen LogP contribution is -2.18. The number of para-hydroxylation sites is 1. The number of rotatable bonds is 20. The number of amides is 1. The van der Waals surface area contributed by atoms with Crippen molar-refractivity contribution < 1.29 is 14.3 Å². The second-order valence-corrected chi connectivity index (χ2v) is 11.3. The number of carbonyl (C=O) groups is 1. The van der Waals surface area contributed by atoms with Crippen LogP contribution in [0.25, 0.3) is 0 Å². The van der Waals surface area contributed by atoms with Gasteiger partial charge in [0.15, 0.2) is 0 Å². The highest BCUT2D eigenvalue weighted by atomic mass is 79.9. The number of hydrogen-bond donors (Lipinski definition) is 1. The number of ether oxygens (including phenoxy) is 2. The third-order valence-electron chi connectivity index (χ3n) is 7.15. The average molecular weight is 634 g/mol. The molecular formula is C33H49BrN2O3S. The highest BCUT2D eigenvalue weighted by molar-refractivity contribution is 8.93. The lowest BCUT2D eigenvalue weighted by Gasteiger charge is -2.18. The van der Waals surface area contributed by atoms with E-state index in [0.717, 1.165) is 47.2 Å². The fraction of sp³-hybridized carbons (Fsp3) is 0.545. The van der Waals surface area contributed by atoms with Crippen molar-refractivity contribution in [1.29, 1.82) is 0 Å². The fourth-order valence-corrected chi connectivity index (χ4v) is 5.56. The minimum atomic E-state index is -0.0471. The summed E-state index contributed by atoms with van der Waals surface area (Å²) in [7, 11) is 1.65. The number of nitrogens with zero attached hydrogens (tertiary/aromatic N) is 1. The summed E-state index contributed by atoms with van der Waals surface area (Å²) in [5, 5.41) is 5.22. The molecule has 1 aliphatic heterocycles. The first-order valence-corrected chi connectivity index (χ1v) is 15.9. The van der Waals surface area contributed by atoms with E-state index in [0.29, 0.717) is 6.61 Å². The molecule has 222 valence electrons. The summed E-state index contributed by atoms with van der Waals surface area (Å²) in [6.45, 7) is 3.70. The van der Waals surface area contributed by atoms with Crippen LogP contribution in [0.15, 0.2) is 54.1 Å². The van der Waals surface area contributed by atoms with Gasteiger partial charge in [-0.2, -0.15) is 0 Å². The van der Waals surface area contributed by atoms with Crippen LogP contribution >= 0.6 is 28.7 Å². The Labute approximate surface area is 257 Å². The van der Waals surface area contributed by atoms with Gasteiger partial charge in [0.05, 0.1) is 26.0 Å². The van der Waals surface area contributed by atoms with Crippen molar-refractivity contribution >= 4 is 40.3 Å². The minimum absolute atomic E-state index is 0. The molecule has 1 heterocycles. The Morgan fingerprint density at radius 3 is 2.23 bits per heavy atom. The molecule has 1 amide bonds. The molecule has 40 heavy (non-hydrogen) atoms. The highest BCUT2D eigenvalue weighted by Crippen LogP contribution is 2.27. The summed E-state index contributed by atoms with van der Waals surface area (Å²) >= 11 is 1.78. The number of benzene rings is 2. The van der Waals surface area contributed by atoms with Crippen LogP contribution in [0.2, 0.25) is 0 Å². The van der Waals surface area contributed by atoms with Gasteiger partial charge < -0.3 is 19.7 Å². The molecule has 0 spiro atoms. The number of unbranched alkanes of at least 4 members (excludes halogenated alkanes) is 11. The van der Waals surface area contributed by atoms with E-state index >= 15 is 0 Å². The Hall–Kier alpha value is -2.12. The first-order valence-electron chi connectivity index (χ1n) is 14.9. The van der Waals surface area contributed by atoms with Gasteiger partial charge in [-0.15, -0.1) is 28.7 Å². The van der Waals surface area contributed by atoms with Crippen molar-refractivity contribution in [2.45, 2.75) is 96.9 Å². The van der Waals surface area contributed by atoms with Gasteiger partial charge >= 0.3 is 0 Å². The van der Waals surface area contributed by atoms with Crippen LogP contribution in [0.4, 0.5) is 5.69 Å². The molecule has 0 aliphatic carbocycles. The zero-order chi connectivity index (χ0) is 27.5. The molecule has 0 unspecified atom stereocenters. The van der Waals surface area contributed by atoms with Gasteiger partial charge in [-0.1, -0.05) is 102 Å². The number of halogens is 1. The Morgan fingerprint density at radius 2 is 1.57 bits per heavy atom. The second kappa shape index (κ2) is 20.7. The lowest BCUT2D eigenvalue weighted by molar-refractivity contribution is -0.115. The monoisotopic (exact) mass is 632 g/mol. The molecule has 0 saturated heterocycles. The van der Waals surface area contributed by atoms with Gasteiger partial charge in [0.2, 0.25) is 5.91 Å². The molecule has 1 aliphatic rings. The van der Waals surface area contributed by atoms with Gasteiger partial charge in [-0.3, -0.25) is 4.79 Å². The summed E-state index contributed by atoms with van der Waals surface area (Å²) in [5.74, 6) is 2.37. The first kappa shape index (κ1) is 34.1. The van der Waals surface area contributed by atoms with Gasteiger partial charge in [-0.05, 0) is 29.5 Å². The van der Waals surface area contributed by atoms with Crippen LogP contribution in [-0.4, -0.2) is 30.4 Å². The van der Waals surface area contributed by atoms with Crippen LogP contribution in [-0.2, 0) is 17.8 Å². The second-order valence-electron chi connectivity index (χ2n) is 10.4. The van der Waals surface area contributed by atoms with Crippen LogP contribution < -0.4 is 14.8 Å². The summed E-state index contributed by atoms with van der Waals surface area (Å²) in [5.41, 5.74) is 2.85. The number of carbonyl (C=O) groups excluding carboxylic acids is 1. The zero-order valence-corrected chi connectivity index (χ0v) is 27.0. The molecule has 1 N–H and O–H groups in total. The minimum Gasteiger partial charge on any atom is -0.497 e. The number of nitrogens with one attached hydrogen (secondary N) is 1. The SMILES string of the molecule is Br.CCCCCCCCCCCCCCOc1cc(OC)ccc1CC(=O)Nc1ccccc1CN1C=CSC1. The Balaban J connectivity index is 0.00000560. The Bertz CT molecular complexity index is 1020. The molecule has 5 nitrogen and oxygen atoms in total. The van der Waals surface area contributed by atoms with Crippen LogP contribution in [0, 0.1) is 0 Å². The Morgan fingerprint density at radius 1 is 0.900 bits per heavy atom. The smallest absolute Gasteiger partial charge is 0.228 e. The summed E-state index contributed by atoms with van der Waals surface area (Å²) in [4.78, 5) is 15.3. The van der Waals surface area contributed by atoms with E-state index in [1.54, 1.807) is 18.9 Å². The Kier molecular flexibility index (Phi) is 17.6. The summed E-state index contributed by atoms with van der Waals surface area (Å²) in [6.07, 6.45) is 18.2. The first-order chi connectivity index (χ1) is 19.2. The van der Waals surface area contributed by atoms with Gasteiger partial charge in [0, 0.05) is 30.1 Å². The molecule has 7 heteroatoms. The molecule has 0 atom stereocenters. The molecule has 0 aromatic heterocycles. The van der Waals surface area contributed by atoms with E-state index in [1.165, 1.54) is 70.6 Å². The standard InChI is InChI=1S/C33H48N2O3S.BrH/c1-3-4-5-6-7-8-9-10-11-12-13-16-22-38-32-25-30(37-2)20-19-28(32)24-33(36)34-31-18-15-14-17-29(31)26-35-21-23-39-27-35;/h14-15,17-21,23,25H,3-13,16,22,24,26-27H2,1-2H3,(H,34,36);1H. The molecule has 0 saturated carbocycles. The largest absolute Gasteiger partial charge is 0.497 e. The maximum Gasteiger partial charge on any atom is 0.228 e. The van der Waals surface area contributed by atoms with E-state index in [-0.39, 0.29) is 29.3 Å². The predicted molar refractivity (Wildman–Crippen MR) is 176 cm³/mol. The number of thioether (sulfide) groups is 1. The van der Waals surface area contributed by atoms with Crippen LogP contribution in [0.5, 0.6) is 11.5 Å². The van der Waals surface area contributed by atoms with Gasteiger partial charge in [-0.25, -0.2) is 0 Å². The quantitative estimate of drug-likeness (QED) is 0.147. The van der Waals surface area contributed by atoms with Crippen molar-refractivity contribution in [3.63, 3.8) is 0 Å². The third-order valence-corrected chi connectivity index (χ3v) is 7.95. The molecule has 3 rings (SSSR count). The summed E-state index contributed by atoms with van der Waals surface area (Å²) in [6, 6.07) is 13.8. The molecule has 2 aromatic rings. The van der Waals surface area contributed by atoms with Crippen LogP contribution in [0.1, 0.15) is 95.1 Å². The zero-order valence-electron chi connectivity index (χ0n) is 24.5. The van der Waals surface area contributed by atoms with E-state index in [9.17, 15) is 4.79 Å². The topological polar surface area (TPSA) is 50.8 Å². The third kappa shape index (κ3) is 13.0. The van der Waals surface area contributed by atoms with E-state index in [2.05, 4.69) is 34.8 Å². The lowest BCUT2D eigenvalue weighted by atomic mass is 10.1. The van der Waals surface area contributed by atoms with Crippen molar-refractivity contribution in [3.8, 4) is 11.5 Å². The van der Waals surface area contributed by atoms with E-state index in [1.807, 2.05) is 36.4 Å². The fourth-order valence-electron chi connectivity index (χ4n) is 4.84. The normalized spacial score (nSPS) is 12.3. The van der Waals surface area contributed by atoms with Gasteiger partial charge in [0.1, 0.15) is 11.5 Å². The van der Waals surface area contributed by atoms with Crippen molar-refractivity contribution in [2.75, 3.05) is 24.9 Å². The molecule has 0 radical (unpaired) electrons. The number of anilines is 1. The number of hydrogen-bond acceptors (Lipinski definition) is 5. The maximum atomic E-state index is 13.0. The summed E-state index contributed by atoms with van der Waals surface area (Å²) < 4.78 is 11.6. The van der Waals surface area contributed by atoms with Crippen LogP contribution in [0.3, 0.4) is 0 Å². The van der Waals surface area contributed by atoms with Crippen molar-refractivity contribution in [1.82, 2.24) is 4.90 Å². The molecular weight excluding hydrogens is 584 g/mol. The highest BCUT2D eigenvalue weighted by Gasteiger charge is 2.14. The van der Waals surface area contributed by atoms with E-state index < -0.39 is 0 Å². The van der Waals surface area contributed by atoms with Crippen molar-refractivity contribution in [2.24, 2.45) is 0 Å². The maximum absolute atomic E-state index is 13.0. The van der Waals surface area contributed by atoms with Gasteiger partial charge in [0.25, 0.3) is 0 Å². The van der Waals surface area contributed by atoms with Crippen molar-refractivity contribution in [3.05, 3.63) is 65.2 Å². The van der Waals surface area contributed by atoms with E-state index in [4.69, 9.17) is 9.47 Å². The average Bonchev–Trinajstić information content (AvgIpc) is 3.46. The molecule has 0 bridgehead atoms. The predicted octanol–water partition coefficient (Wildman–Crippen LogP) is 9.51.